The number of methoxy groups -OCH3 is 1. The molecular formula is C15H21N3O2. The van der Waals surface area contributed by atoms with Crippen molar-refractivity contribution in [2.75, 3.05) is 7.11 Å². The lowest BCUT2D eigenvalue weighted by Gasteiger charge is -2.24. The number of hydrogen-bond acceptors (Lipinski definition) is 3. The molecule has 0 spiro atoms. The molecule has 1 heterocycles. The van der Waals surface area contributed by atoms with Gasteiger partial charge in [-0.05, 0) is 43.9 Å². The molecule has 5 nitrogen and oxygen atoms in total. The second-order valence-corrected chi connectivity index (χ2v) is 5.58. The molecule has 0 amide bonds. The zero-order chi connectivity index (χ0) is 14.1. The molecule has 3 unspecified atom stereocenters. The number of hydrogen-bond donors (Lipinski definition) is 3. The van der Waals surface area contributed by atoms with Gasteiger partial charge in [0.05, 0.1) is 17.1 Å². The number of ether oxygens (including phenoxy) is 1. The Kier molecular flexibility index (Phi) is 3.63. The van der Waals surface area contributed by atoms with Crippen LogP contribution in [0.15, 0.2) is 23.0 Å². The Morgan fingerprint density at radius 1 is 1.30 bits per heavy atom. The summed E-state index contributed by atoms with van der Waals surface area (Å²) in [5.74, 6) is 0. The molecule has 0 bridgehead atoms. The molecule has 1 aromatic carbocycles. The van der Waals surface area contributed by atoms with Crippen molar-refractivity contribution >= 4 is 11.0 Å². The summed E-state index contributed by atoms with van der Waals surface area (Å²) in [7, 11) is 1.78. The van der Waals surface area contributed by atoms with Crippen molar-refractivity contribution in [2.45, 2.75) is 44.4 Å². The predicted molar refractivity (Wildman–Crippen MR) is 78.9 cm³/mol. The maximum absolute atomic E-state index is 11.3. The fourth-order valence-corrected chi connectivity index (χ4v) is 3.14. The first-order chi connectivity index (χ1) is 9.67. The van der Waals surface area contributed by atoms with E-state index in [1.54, 1.807) is 7.11 Å². The summed E-state index contributed by atoms with van der Waals surface area (Å²) in [5.41, 5.74) is 2.72. The number of H-pyrrole nitrogens is 2. The molecule has 1 saturated carbocycles. The van der Waals surface area contributed by atoms with Crippen LogP contribution in [0.1, 0.15) is 37.8 Å². The molecule has 3 atom stereocenters. The van der Waals surface area contributed by atoms with Crippen LogP contribution in [0.5, 0.6) is 0 Å². The molecule has 20 heavy (non-hydrogen) atoms. The van der Waals surface area contributed by atoms with Crippen molar-refractivity contribution in [3.63, 3.8) is 0 Å². The van der Waals surface area contributed by atoms with Crippen LogP contribution in [-0.2, 0) is 4.74 Å². The van der Waals surface area contributed by atoms with Gasteiger partial charge in [0.2, 0.25) is 0 Å². The van der Waals surface area contributed by atoms with Crippen LogP contribution in [0.4, 0.5) is 0 Å². The van der Waals surface area contributed by atoms with Crippen molar-refractivity contribution in [3.05, 3.63) is 34.2 Å². The summed E-state index contributed by atoms with van der Waals surface area (Å²) < 4.78 is 5.52. The van der Waals surface area contributed by atoms with Gasteiger partial charge < -0.3 is 20.0 Å². The molecule has 1 fully saturated rings. The monoisotopic (exact) mass is 275 g/mol. The fraction of sp³-hybridized carbons (Fsp3) is 0.533. The van der Waals surface area contributed by atoms with Crippen LogP contribution in [0.3, 0.4) is 0 Å². The predicted octanol–water partition coefficient (Wildman–Crippen LogP) is 2.07. The van der Waals surface area contributed by atoms with Crippen LogP contribution in [0.25, 0.3) is 11.0 Å². The molecule has 3 N–H and O–H groups in total. The first kappa shape index (κ1) is 13.4. The maximum atomic E-state index is 11.3. The summed E-state index contributed by atoms with van der Waals surface area (Å²) in [6, 6.07) is 6.68. The summed E-state index contributed by atoms with van der Waals surface area (Å²) >= 11 is 0. The average molecular weight is 275 g/mol. The number of fused-ring (bicyclic) bond motifs is 1. The van der Waals surface area contributed by atoms with Gasteiger partial charge in [-0.2, -0.15) is 0 Å². The molecular weight excluding hydrogens is 254 g/mol. The molecule has 0 aliphatic heterocycles. The van der Waals surface area contributed by atoms with E-state index in [-0.39, 0.29) is 11.7 Å². The first-order valence-electron chi connectivity index (χ1n) is 7.18. The van der Waals surface area contributed by atoms with Gasteiger partial charge in [-0.15, -0.1) is 0 Å². The fourth-order valence-electron chi connectivity index (χ4n) is 3.14. The van der Waals surface area contributed by atoms with E-state index in [0.717, 1.165) is 23.9 Å². The zero-order valence-corrected chi connectivity index (χ0v) is 11.9. The van der Waals surface area contributed by atoms with E-state index < -0.39 is 0 Å². The van der Waals surface area contributed by atoms with Crippen molar-refractivity contribution in [1.29, 1.82) is 0 Å². The number of imidazole rings is 1. The van der Waals surface area contributed by atoms with Gasteiger partial charge in [0.1, 0.15) is 0 Å². The minimum absolute atomic E-state index is 0.159. The van der Waals surface area contributed by atoms with Crippen LogP contribution < -0.4 is 11.0 Å². The minimum atomic E-state index is -0.159. The highest BCUT2D eigenvalue weighted by molar-refractivity contribution is 5.75. The molecule has 108 valence electrons. The summed E-state index contributed by atoms with van der Waals surface area (Å²) in [6.07, 6.45) is 3.82. The Labute approximate surface area is 117 Å². The van der Waals surface area contributed by atoms with Crippen LogP contribution in [0, 0.1) is 0 Å². The number of rotatable bonds is 4. The first-order valence-corrected chi connectivity index (χ1v) is 7.18. The van der Waals surface area contributed by atoms with Crippen molar-refractivity contribution in [2.24, 2.45) is 0 Å². The SMILES string of the molecule is COC1CCCC1NC(C)c1ccc2[nH]c(=O)[nH]c2c1. The van der Waals surface area contributed by atoms with Crippen LogP contribution in [0.2, 0.25) is 0 Å². The third-order valence-corrected chi connectivity index (χ3v) is 4.26. The van der Waals surface area contributed by atoms with E-state index in [4.69, 9.17) is 4.74 Å². The molecule has 0 radical (unpaired) electrons. The molecule has 1 aliphatic rings. The molecule has 3 rings (SSSR count). The Morgan fingerprint density at radius 3 is 2.90 bits per heavy atom. The standard InChI is InChI=1S/C15H21N3O2/c1-9(16-12-4-3-5-14(12)20-2)10-6-7-11-13(8-10)18-15(19)17-11/h6-9,12,14,16H,3-5H2,1-2H3,(H2,17,18,19). The molecule has 2 aromatic rings. The van der Waals surface area contributed by atoms with Gasteiger partial charge >= 0.3 is 5.69 Å². The van der Waals surface area contributed by atoms with Gasteiger partial charge in [-0.3, -0.25) is 0 Å². The third kappa shape index (κ3) is 2.51. The normalized spacial score (nSPS) is 24.3. The highest BCUT2D eigenvalue weighted by Crippen LogP contribution is 2.25. The molecule has 0 saturated heterocycles. The van der Waals surface area contributed by atoms with Gasteiger partial charge in [-0.1, -0.05) is 6.07 Å². The van der Waals surface area contributed by atoms with E-state index in [9.17, 15) is 4.79 Å². The third-order valence-electron chi connectivity index (χ3n) is 4.26. The lowest BCUT2D eigenvalue weighted by molar-refractivity contribution is 0.0820. The van der Waals surface area contributed by atoms with Gasteiger partial charge in [0.15, 0.2) is 0 Å². The van der Waals surface area contributed by atoms with Gasteiger partial charge in [-0.25, -0.2) is 4.79 Å². The van der Waals surface area contributed by atoms with E-state index in [2.05, 4.69) is 28.3 Å². The summed E-state index contributed by atoms with van der Waals surface area (Å²) in [6.45, 7) is 2.15. The van der Waals surface area contributed by atoms with Crippen molar-refractivity contribution < 1.29 is 4.74 Å². The second kappa shape index (κ2) is 5.42. The zero-order valence-electron chi connectivity index (χ0n) is 11.9. The average Bonchev–Trinajstić information content (AvgIpc) is 3.02. The molecule has 1 aromatic heterocycles. The van der Waals surface area contributed by atoms with Crippen molar-refractivity contribution in [1.82, 2.24) is 15.3 Å². The Morgan fingerprint density at radius 2 is 2.10 bits per heavy atom. The maximum Gasteiger partial charge on any atom is 0.323 e. The Bertz CT molecular complexity index is 646. The number of aromatic nitrogens is 2. The highest BCUT2D eigenvalue weighted by atomic mass is 16.5. The smallest absolute Gasteiger partial charge is 0.323 e. The van der Waals surface area contributed by atoms with E-state index in [0.29, 0.717) is 12.1 Å². The van der Waals surface area contributed by atoms with E-state index in [1.807, 2.05) is 12.1 Å². The topological polar surface area (TPSA) is 69.9 Å². The largest absolute Gasteiger partial charge is 0.380 e. The molecule has 5 heteroatoms. The van der Waals surface area contributed by atoms with Crippen LogP contribution >= 0.6 is 0 Å². The Hall–Kier alpha value is -1.59. The highest BCUT2D eigenvalue weighted by Gasteiger charge is 2.28. The van der Waals surface area contributed by atoms with E-state index >= 15 is 0 Å². The minimum Gasteiger partial charge on any atom is -0.380 e. The van der Waals surface area contributed by atoms with E-state index in [1.165, 1.54) is 12.0 Å². The lowest BCUT2D eigenvalue weighted by Crippen LogP contribution is -2.38. The number of benzene rings is 1. The van der Waals surface area contributed by atoms with Gasteiger partial charge in [0, 0.05) is 19.2 Å². The van der Waals surface area contributed by atoms with Gasteiger partial charge in [0.25, 0.3) is 0 Å². The second-order valence-electron chi connectivity index (χ2n) is 5.58. The lowest BCUT2D eigenvalue weighted by atomic mass is 10.1. The quantitative estimate of drug-likeness (QED) is 0.800. The Balaban J connectivity index is 1.77. The molecule has 1 aliphatic carbocycles. The number of aromatic amines is 2. The van der Waals surface area contributed by atoms with Crippen molar-refractivity contribution in [3.8, 4) is 0 Å². The summed E-state index contributed by atoms with van der Waals surface area (Å²) in [4.78, 5) is 16.9. The van der Waals surface area contributed by atoms with Crippen LogP contribution in [-0.4, -0.2) is 29.2 Å². The number of nitrogens with one attached hydrogen (secondary N) is 3. The summed E-state index contributed by atoms with van der Waals surface area (Å²) in [5, 5.41) is 3.64.